The first kappa shape index (κ1) is 15.9. The average molecular weight is 302 g/mol. The summed E-state index contributed by atoms with van der Waals surface area (Å²) in [4.78, 5) is 49.3. The molecule has 2 atom stereocenters. The van der Waals surface area contributed by atoms with Gasteiger partial charge in [0, 0.05) is 0 Å². The number of benzene rings is 1. The van der Waals surface area contributed by atoms with Crippen molar-refractivity contribution in [3.05, 3.63) is 35.4 Å². The summed E-state index contributed by atoms with van der Waals surface area (Å²) in [6.45, 7) is 4.65. The van der Waals surface area contributed by atoms with E-state index < -0.39 is 29.8 Å². The number of nitrogens with zero attached hydrogens (tertiary/aromatic N) is 1. The second-order valence-corrected chi connectivity index (χ2v) is 5.29. The zero-order valence-electron chi connectivity index (χ0n) is 12.8. The number of amides is 3. The van der Waals surface area contributed by atoms with Crippen LogP contribution >= 0.6 is 0 Å². The van der Waals surface area contributed by atoms with Crippen molar-refractivity contribution >= 4 is 23.5 Å². The first-order valence-electron chi connectivity index (χ1n) is 7.16. The highest BCUT2D eigenvalue weighted by Gasteiger charge is 2.42. The Morgan fingerprint density at radius 3 is 2.05 bits per heavy atom. The molecule has 0 saturated carbocycles. The van der Waals surface area contributed by atoms with Crippen LogP contribution in [0.15, 0.2) is 24.3 Å². The standard InChI is InChI=1S/C16H18N2O4/c1-4-13(14(20)17-9(2)10(3)19)18-15(21)11-7-5-6-8-12(11)16(18)22/h5-9,13H,4H2,1-3H3,(H,17,20)/t9-,13+/m1/s1. The second-order valence-electron chi connectivity index (χ2n) is 5.29. The number of hydrogen-bond acceptors (Lipinski definition) is 4. The Bertz CT molecular complexity index is 618. The van der Waals surface area contributed by atoms with Gasteiger partial charge in [-0.15, -0.1) is 0 Å². The highest BCUT2D eigenvalue weighted by Crippen LogP contribution is 2.25. The van der Waals surface area contributed by atoms with Crippen LogP contribution in [-0.2, 0) is 9.59 Å². The summed E-state index contributed by atoms with van der Waals surface area (Å²) >= 11 is 0. The van der Waals surface area contributed by atoms with Crippen molar-refractivity contribution in [1.82, 2.24) is 10.2 Å². The fourth-order valence-electron chi connectivity index (χ4n) is 2.39. The van der Waals surface area contributed by atoms with Gasteiger partial charge in [0.1, 0.15) is 6.04 Å². The number of hydrogen-bond donors (Lipinski definition) is 1. The van der Waals surface area contributed by atoms with E-state index in [4.69, 9.17) is 0 Å². The Balaban J connectivity index is 2.26. The van der Waals surface area contributed by atoms with Gasteiger partial charge < -0.3 is 5.32 Å². The van der Waals surface area contributed by atoms with Gasteiger partial charge in [-0.05, 0) is 32.4 Å². The lowest BCUT2D eigenvalue weighted by molar-refractivity contribution is -0.129. The predicted octanol–water partition coefficient (Wildman–Crippen LogP) is 1.15. The molecule has 1 heterocycles. The summed E-state index contributed by atoms with van der Waals surface area (Å²) in [7, 11) is 0. The number of fused-ring (bicyclic) bond motifs is 1. The molecule has 0 spiro atoms. The minimum absolute atomic E-state index is 0.189. The molecule has 1 aromatic carbocycles. The lowest BCUT2D eigenvalue weighted by Gasteiger charge is -2.25. The number of carbonyl (C=O) groups is 4. The van der Waals surface area contributed by atoms with Gasteiger partial charge in [0.15, 0.2) is 5.78 Å². The van der Waals surface area contributed by atoms with Gasteiger partial charge in [-0.3, -0.25) is 24.1 Å². The van der Waals surface area contributed by atoms with Crippen LogP contribution in [0.1, 0.15) is 47.9 Å². The molecular formula is C16H18N2O4. The Kier molecular flexibility index (Phi) is 4.40. The molecule has 6 heteroatoms. The Morgan fingerprint density at radius 2 is 1.64 bits per heavy atom. The van der Waals surface area contributed by atoms with Gasteiger partial charge in [-0.2, -0.15) is 0 Å². The smallest absolute Gasteiger partial charge is 0.262 e. The molecule has 6 nitrogen and oxygen atoms in total. The summed E-state index contributed by atoms with van der Waals surface area (Å²) in [5.41, 5.74) is 0.608. The minimum Gasteiger partial charge on any atom is -0.345 e. The van der Waals surface area contributed by atoms with Crippen LogP contribution in [0, 0.1) is 0 Å². The predicted molar refractivity (Wildman–Crippen MR) is 79.3 cm³/mol. The monoisotopic (exact) mass is 302 g/mol. The lowest BCUT2D eigenvalue weighted by atomic mass is 10.1. The van der Waals surface area contributed by atoms with E-state index in [1.807, 2.05) is 0 Å². The molecule has 0 aliphatic carbocycles. The summed E-state index contributed by atoms with van der Waals surface area (Å²) in [6.07, 6.45) is 0.280. The Labute approximate surface area is 128 Å². The minimum atomic E-state index is -0.922. The third kappa shape index (κ3) is 2.64. The van der Waals surface area contributed by atoms with Crippen molar-refractivity contribution < 1.29 is 19.2 Å². The summed E-state index contributed by atoms with van der Waals surface area (Å²) in [5.74, 6) is -1.64. The molecule has 0 bridgehead atoms. The zero-order valence-corrected chi connectivity index (χ0v) is 12.8. The van der Waals surface area contributed by atoms with Crippen molar-refractivity contribution in [2.45, 2.75) is 39.3 Å². The number of Topliss-reactive ketones (excluding diaryl/α,β-unsaturated/α-hetero) is 1. The van der Waals surface area contributed by atoms with E-state index in [1.165, 1.54) is 6.92 Å². The molecule has 1 aliphatic heterocycles. The van der Waals surface area contributed by atoms with Crippen molar-refractivity contribution in [2.24, 2.45) is 0 Å². The van der Waals surface area contributed by atoms with E-state index in [-0.39, 0.29) is 12.2 Å². The molecule has 2 rings (SSSR count). The SMILES string of the molecule is CC[C@@H](C(=O)N[C@H](C)C(C)=O)N1C(=O)c2ccccc2C1=O. The topological polar surface area (TPSA) is 83.6 Å². The second kappa shape index (κ2) is 6.09. The number of rotatable bonds is 5. The quantitative estimate of drug-likeness (QED) is 0.827. The molecule has 3 amide bonds. The van der Waals surface area contributed by atoms with Gasteiger partial charge in [0.25, 0.3) is 11.8 Å². The molecule has 1 N–H and O–H groups in total. The van der Waals surface area contributed by atoms with Crippen LogP contribution in [0.25, 0.3) is 0 Å². The fraction of sp³-hybridized carbons (Fsp3) is 0.375. The highest BCUT2D eigenvalue weighted by atomic mass is 16.2. The third-order valence-corrected chi connectivity index (χ3v) is 3.80. The van der Waals surface area contributed by atoms with E-state index in [0.29, 0.717) is 11.1 Å². The molecular weight excluding hydrogens is 284 g/mol. The lowest BCUT2D eigenvalue weighted by Crippen LogP contribution is -2.52. The summed E-state index contributed by atoms with van der Waals surface area (Å²) < 4.78 is 0. The maximum absolute atomic E-state index is 12.4. The molecule has 116 valence electrons. The molecule has 0 unspecified atom stereocenters. The summed E-state index contributed by atoms with van der Waals surface area (Å²) in [5, 5.41) is 2.54. The van der Waals surface area contributed by atoms with Crippen molar-refractivity contribution in [3.8, 4) is 0 Å². The van der Waals surface area contributed by atoms with Gasteiger partial charge in [-0.1, -0.05) is 19.1 Å². The van der Waals surface area contributed by atoms with E-state index >= 15 is 0 Å². The van der Waals surface area contributed by atoms with Gasteiger partial charge >= 0.3 is 0 Å². The number of imide groups is 1. The molecule has 0 aromatic heterocycles. The zero-order chi connectivity index (χ0) is 16.4. The molecule has 0 fully saturated rings. The van der Waals surface area contributed by atoms with Gasteiger partial charge in [0.05, 0.1) is 17.2 Å². The number of nitrogens with one attached hydrogen (secondary N) is 1. The fourth-order valence-corrected chi connectivity index (χ4v) is 2.39. The van der Waals surface area contributed by atoms with Crippen LogP contribution in [-0.4, -0.2) is 40.5 Å². The Hall–Kier alpha value is -2.50. The van der Waals surface area contributed by atoms with Crippen molar-refractivity contribution in [2.75, 3.05) is 0 Å². The number of ketones is 1. The normalized spacial score (nSPS) is 16.2. The molecule has 1 aliphatic rings. The molecule has 0 radical (unpaired) electrons. The van der Waals surface area contributed by atoms with Crippen molar-refractivity contribution in [3.63, 3.8) is 0 Å². The van der Waals surface area contributed by atoms with Gasteiger partial charge in [0.2, 0.25) is 5.91 Å². The van der Waals surface area contributed by atoms with Crippen LogP contribution in [0.5, 0.6) is 0 Å². The van der Waals surface area contributed by atoms with E-state index in [9.17, 15) is 19.2 Å². The first-order valence-corrected chi connectivity index (χ1v) is 7.16. The molecule has 0 saturated heterocycles. The average Bonchev–Trinajstić information content (AvgIpc) is 2.73. The molecule has 1 aromatic rings. The highest BCUT2D eigenvalue weighted by molar-refractivity contribution is 6.22. The molecule has 22 heavy (non-hydrogen) atoms. The maximum Gasteiger partial charge on any atom is 0.262 e. The van der Waals surface area contributed by atoms with E-state index in [2.05, 4.69) is 5.32 Å². The Morgan fingerprint density at radius 1 is 1.14 bits per heavy atom. The van der Waals surface area contributed by atoms with E-state index in [0.717, 1.165) is 4.90 Å². The number of carbonyl (C=O) groups excluding carboxylic acids is 4. The van der Waals surface area contributed by atoms with Crippen LogP contribution in [0.4, 0.5) is 0 Å². The third-order valence-electron chi connectivity index (χ3n) is 3.80. The van der Waals surface area contributed by atoms with Crippen molar-refractivity contribution in [1.29, 1.82) is 0 Å². The first-order chi connectivity index (χ1) is 10.4. The van der Waals surface area contributed by atoms with E-state index in [1.54, 1.807) is 38.1 Å². The largest absolute Gasteiger partial charge is 0.345 e. The van der Waals surface area contributed by atoms with Crippen LogP contribution < -0.4 is 5.32 Å². The van der Waals surface area contributed by atoms with Gasteiger partial charge in [-0.25, -0.2) is 0 Å². The van der Waals surface area contributed by atoms with Crippen LogP contribution in [0.3, 0.4) is 0 Å². The summed E-state index contributed by atoms with van der Waals surface area (Å²) in [6, 6.07) is 4.90. The maximum atomic E-state index is 12.4. The van der Waals surface area contributed by atoms with Crippen LogP contribution in [0.2, 0.25) is 0 Å².